The Hall–Kier alpha value is -0.530. The predicted octanol–water partition coefficient (Wildman–Crippen LogP) is 2.58. The zero-order valence-corrected chi connectivity index (χ0v) is 15.0. The highest BCUT2D eigenvalue weighted by Gasteiger charge is 2.32. The summed E-state index contributed by atoms with van der Waals surface area (Å²) in [7, 11) is 0. The van der Waals surface area contributed by atoms with Crippen LogP contribution in [0.4, 0.5) is 13.2 Å². The molecular formula is C16H29ClF3N3O. The van der Waals surface area contributed by atoms with Crippen molar-refractivity contribution >= 4 is 18.3 Å². The number of halogens is 4. The molecule has 0 aromatic heterocycles. The van der Waals surface area contributed by atoms with Crippen LogP contribution >= 0.6 is 12.4 Å². The van der Waals surface area contributed by atoms with Crippen LogP contribution in [-0.2, 0) is 4.79 Å². The molecule has 2 aliphatic heterocycles. The van der Waals surface area contributed by atoms with Gasteiger partial charge in [-0.1, -0.05) is 0 Å². The van der Waals surface area contributed by atoms with Gasteiger partial charge in [0, 0.05) is 18.5 Å². The van der Waals surface area contributed by atoms with Crippen molar-refractivity contribution in [3.05, 3.63) is 0 Å². The molecule has 0 aromatic carbocycles. The van der Waals surface area contributed by atoms with Gasteiger partial charge in [-0.25, -0.2) is 0 Å². The quantitative estimate of drug-likeness (QED) is 0.780. The van der Waals surface area contributed by atoms with Crippen molar-refractivity contribution in [3.8, 4) is 0 Å². The van der Waals surface area contributed by atoms with Crippen LogP contribution in [0.15, 0.2) is 0 Å². The normalized spacial score (nSPS) is 26.7. The average molecular weight is 372 g/mol. The van der Waals surface area contributed by atoms with Crippen molar-refractivity contribution in [2.75, 3.05) is 32.7 Å². The number of likely N-dealkylation sites (tertiary alicyclic amines) is 1. The summed E-state index contributed by atoms with van der Waals surface area (Å²) in [6.45, 7) is 3.82. The highest BCUT2D eigenvalue weighted by atomic mass is 35.5. The molecule has 8 heteroatoms. The van der Waals surface area contributed by atoms with Gasteiger partial charge >= 0.3 is 6.18 Å². The van der Waals surface area contributed by atoms with Gasteiger partial charge in [0.2, 0.25) is 5.91 Å². The highest BCUT2D eigenvalue weighted by molar-refractivity contribution is 5.85. The van der Waals surface area contributed by atoms with E-state index in [0.29, 0.717) is 31.6 Å². The summed E-state index contributed by atoms with van der Waals surface area (Å²) < 4.78 is 37.0. The van der Waals surface area contributed by atoms with Gasteiger partial charge in [-0.3, -0.25) is 9.69 Å². The minimum Gasteiger partial charge on any atom is -0.356 e. The van der Waals surface area contributed by atoms with E-state index in [-0.39, 0.29) is 24.2 Å². The van der Waals surface area contributed by atoms with E-state index >= 15 is 0 Å². The van der Waals surface area contributed by atoms with E-state index in [2.05, 4.69) is 17.6 Å². The maximum atomic E-state index is 12.3. The van der Waals surface area contributed by atoms with Crippen LogP contribution in [0.1, 0.15) is 39.0 Å². The van der Waals surface area contributed by atoms with Crippen molar-refractivity contribution in [2.45, 2.75) is 51.2 Å². The first-order valence-corrected chi connectivity index (χ1v) is 8.63. The number of piperidine rings is 2. The first-order chi connectivity index (χ1) is 10.8. The molecule has 4 nitrogen and oxygen atoms in total. The van der Waals surface area contributed by atoms with E-state index < -0.39 is 12.7 Å². The third-order valence-electron chi connectivity index (χ3n) is 4.96. The summed E-state index contributed by atoms with van der Waals surface area (Å²) in [5.74, 6) is 0.652. The lowest BCUT2D eigenvalue weighted by molar-refractivity contribution is -0.148. The number of rotatable bonds is 5. The topological polar surface area (TPSA) is 44.4 Å². The summed E-state index contributed by atoms with van der Waals surface area (Å²) in [5.41, 5.74) is 0. The Balaban J connectivity index is 0.00000288. The molecule has 1 amide bonds. The summed E-state index contributed by atoms with van der Waals surface area (Å²) in [5, 5.41) is 6.34. The first-order valence-electron chi connectivity index (χ1n) is 8.63. The molecule has 24 heavy (non-hydrogen) atoms. The second-order valence-corrected chi connectivity index (χ2v) is 6.99. The molecule has 0 aliphatic carbocycles. The monoisotopic (exact) mass is 371 g/mol. The van der Waals surface area contributed by atoms with Gasteiger partial charge in [-0.05, 0) is 64.6 Å². The third kappa shape index (κ3) is 7.57. The van der Waals surface area contributed by atoms with Crippen LogP contribution in [0.3, 0.4) is 0 Å². The van der Waals surface area contributed by atoms with Crippen LogP contribution in [-0.4, -0.2) is 55.7 Å². The molecule has 2 heterocycles. The molecule has 0 bridgehead atoms. The summed E-state index contributed by atoms with van der Waals surface area (Å²) in [4.78, 5) is 13.6. The SMILES string of the molecule is C[C@H]1C[C@@H](C(=O)NCCC2CCN(CC(F)(F)F)CC2)CCN1.Cl. The van der Waals surface area contributed by atoms with E-state index in [1.165, 1.54) is 4.90 Å². The maximum Gasteiger partial charge on any atom is 0.401 e. The molecule has 142 valence electrons. The second-order valence-electron chi connectivity index (χ2n) is 6.99. The Labute approximate surface area is 148 Å². The molecule has 2 rings (SSSR count). The molecule has 0 aromatic rings. The van der Waals surface area contributed by atoms with Crippen molar-refractivity contribution in [3.63, 3.8) is 0 Å². The van der Waals surface area contributed by atoms with E-state index in [1.54, 1.807) is 0 Å². The van der Waals surface area contributed by atoms with Crippen LogP contribution in [0.5, 0.6) is 0 Å². The molecular weight excluding hydrogens is 343 g/mol. The third-order valence-corrected chi connectivity index (χ3v) is 4.96. The molecule has 0 spiro atoms. The van der Waals surface area contributed by atoms with Crippen molar-refractivity contribution in [1.29, 1.82) is 0 Å². The Bertz CT molecular complexity index is 387. The summed E-state index contributed by atoms with van der Waals surface area (Å²) in [6.07, 6.45) is 0.0965. The fourth-order valence-electron chi connectivity index (χ4n) is 3.60. The van der Waals surface area contributed by atoms with Crippen molar-refractivity contribution in [1.82, 2.24) is 15.5 Å². The van der Waals surface area contributed by atoms with Crippen LogP contribution in [0.2, 0.25) is 0 Å². The number of nitrogens with one attached hydrogen (secondary N) is 2. The minimum atomic E-state index is -4.10. The molecule has 2 saturated heterocycles. The standard InChI is InChI=1S/C16H28F3N3O.ClH/c1-12-10-14(3-7-20-12)15(23)21-6-2-13-4-8-22(9-5-13)11-16(17,18)19;/h12-14,20H,2-11H2,1H3,(H,21,23);1H/t12-,14-;/m0./s1. The lowest BCUT2D eigenvalue weighted by Gasteiger charge is -2.32. The van der Waals surface area contributed by atoms with Crippen LogP contribution in [0, 0.1) is 11.8 Å². The van der Waals surface area contributed by atoms with E-state index in [0.717, 1.165) is 38.6 Å². The zero-order chi connectivity index (χ0) is 16.9. The van der Waals surface area contributed by atoms with Gasteiger partial charge in [0.25, 0.3) is 0 Å². The van der Waals surface area contributed by atoms with E-state index in [1.807, 2.05) is 0 Å². The van der Waals surface area contributed by atoms with Gasteiger partial charge < -0.3 is 10.6 Å². The Morgan fingerprint density at radius 3 is 2.50 bits per heavy atom. The highest BCUT2D eigenvalue weighted by Crippen LogP contribution is 2.24. The molecule has 0 saturated carbocycles. The van der Waals surface area contributed by atoms with Gasteiger partial charge in [0.05, 0.1) is 6.54 Å². The predicted molar refractivity (Wildman–Crippen MR) is 90.3 cm³/mol. The van der Waals surface area contributed by atoms with E-state index in [9.17, 15) is 18.0 Å². The molecule has 2 atom stereocenters. The molecule has 0 radical (unpaired) electrons. The molecule has 0 unspecified atom stereocenters. The van der Waals surface area contributed by atoms with Crippen molar-refractivity contribution in [2.24, 2.45) is 11.8 Å². The van der Waals surface area contributed by atoms with E-state index in [4.69, 9.17) is 0 Å². The van der Waals surface area contributed by atoms with Crippen LogP contribution in [0.25, 0.3) is 0 Å². The van der Waals surface area contributed by atoms with Gasteiger partial charge in [0.15, 0.2) is 0 Å². The lowest BCUT2D eigenvalue weighted by atomic mass is 9.91. The zero-order valence-electron chi connectivity index (χ0n) is 14.2. The minimum absolute atomic E-state index is 0. The Morgan fingerprint density at radius 1 is 1.25 bits per heavy atom. The fraction of sp³-hybridized carbons (Fsp3) is 0.938. The number of nitrogens with zero attached hydrogens (tertiary/aromatic N) is 1. The molecule has 2 aliphatic rings. The van der Waals surface area contributed by atoms with Gasteiger partial charge in [-0.2, -0.15) is 13.2 Å². The Morgan fingerprint density at radius 2 is 1.92 bits per heavy atom. The molecule has 2 fully saturated rings. The summed E-state index contributed by atoms with van der Waals surface area (Å²) in [6, 6.07) is 0.387. The number of alkyl halides is 3. The van der Waals surface area contributed by atoms with Crippen molar-refractivity contribution < 1.29 is 18.0 Å². The average Bonchev–Trinajstić information content (AvgIpc) is 2.47. The number of carbonyl (C=O) groups excluding carboxylic acids is 1. The fourth-order valence-corrected chi connectivity index (χ4v) is 3.60. The number of amides is 1. The lowest BCUT2D eigenvalue weighted by Crippen LogP contribution is -2.43. The smallest absolute Gasteiger partial charge is 0.356 e. The molecule has 2 N–H and O–H groups in total. The summed E-state index contributed by atoms with van der Waals surface area (Å²) >= 11 is 0. The number of hydrogen-bond donors (Lipinski definition) is 2. The van der Waals surface area contributed by atoms with Gasteiger partial charge in [0.1, 0.15) is 0 Å². The largest absolute Gasteiger partial charge is 0.401 e. The number of carbonyl (C=O) groups is 1. The second kappa shape index (κ2) is 9.82. The Kier molecular flexibility index (Phi) is 8.81. The van der Waals surface area contributed by atoms with Gasteiger partial charge in [-0.15, -0.1) is 12.4 Å². The van der Waals surface area contributed by atoms with Crippen LogP contribution < -0.4 is 10.6 Å². The maximum absolute atomic E-state index is 12.3. The first kappa shape index (κ1) is 21.5. The number of hydrogen-bond acceptors (Lipinski definition) is 3.